The van der Waals surface area contributed by atoms with Crippen LogP contribution >= 0.6 is 0 Å². The summed E-state index contributed by atoms with van der Waals surface area (Å²) in [6, 6.07) is 2.97. The van der Waals surface area contributed by atoms with Crippen molar-refractivity contribution in [2.24, 2.45) is 5.14 Å². The molecule has 0 fully saturated rings. The molecule has 0 radical (unpaired) electrons. The summed E-state index contributed by atoms with van der Waals surface area (Å²) in [6.07, 6.45) is 0.253. The average molecular weight is 300 g/mol. The molecule has 1 aromatic carbocycles. The van der Waals surface area contributed by atoms with Gasteiger partial charge in [0.15, 0.2) is 0 Å². The summed E-state index contributed by atoms with van der Waals surface area (Å²) in [5, 5.41) is 7.80. The molecule has 6 nitrogen and oxygen atoms in total. The normalized spacial score (nSPS) is 11.2. The number of amides is 1. The van der Waals surface area contributed by atoms with E-state index in [1.54, 1.807) is 19.9 Å². The van der Waals surface area contributed by atoms with Crippen molar-refractivity contribution in [3.05, 3.63) is 23.3 Å². The van der Waals surface area contributed by atoms with Gasteiger partial charge in [-0.2, -0.15) is 0 Å². The van der Waals surface area contributed by atoms with Gasteiger partial charge in [-0.05, 0) is 44.0 Å². The van der Waals surface area contributed by atoms with E-state index in [0.29, 0.717) is 23.4 Å². The lowest BCUT2D eigenvalue weighted by atomic mass is 10.1. The zero-order valence-corrected chi connectivity index (χ0v) is 12.7. The van der Waals surface area contributed by atoms with E-state index in [-0.39, 0.29) is 23.8 Å². The molecule has 0 saturated carbocycles. The summed E-state index contributed by atoms with van der Waals surface area (Å²) >= 11 is 0. The maximum absolute atomic E-state index is 11.4. The summed E-state index contributed by atoms with van der Waals surface area (Å²) < 4.78 is 28.3. The summed E-state index contributed by atoms with van der Waals surface area (Å²) in [4.78, 5) is 11.4. The third kappa shape index (κ3) is 4.21. The van der Waals surface area contributed by atoms with Gasteiger partial charge < -0.3 is 10.1 Å². The molecule has 112 valence electrons. The Hall–Kier alpha value is -1.60. The first-order valence-electron chi connectivity index (χ1n) is 6.29. The molecule has 1 rings (SSSR count). The van der Waals surface area contributed by atoms with Gasteiger partial charge in [0.1, 0.15) is 5.75 Å². The Kier molecular flexibility index (Phi) is 5.52. The summed E-state index contributed by atoms with van der Waals surface area (Å²) in [5.41, 5.74) is 1.26. The molecule has 0 aliphatic heterocycles. The fraction of sp³-hybridized carbons (Fsp3) is 0.462. The van der Waals surface area contributed by atoms with E-state index in [9.17, 15) is 13.2 Å². The zero-order chi connectivity index (χ0) is 15.3. The number of sulfonamides is 1. The fourth-order valence-corrected chi connectivity index (χ4v) is 2.61. The van der Waals surface area contributed by atoms with E-state index < -0.39 is 10.0 Å². The third-order valence-electron chi connectivity index (χ3n) is 2.95. The van der Waals surface area contributed by atoms with Crippen LogP contribution in [0, 0.1) is 13.8 Å². The van der Waals surface area contributed by atoms with Gasteiger partial charge in [-0.1, -0.05) is 0 Å². The van der Waals surface area contributed by atoms with Crippen LogP contribution in [0.2, 0.25) is 0 Å². The SMILES string of the molecule is CCNC(=O)CCOc1ccc(S(N)(=O)=O)c(C)c1C. The number of nitrogens with one attached hydrogen (secondary N) is 1. The Morgan fingerprint density at radius 3 is 2.50 bits per heavy atom. The number of carbonyl (C=O) groups is 1. The molecule has 0 saturated heterocycles. The van der Waals surface area contributed by atoms with Crippen LogP contribution in [-0.2, 0) is 14.8 Å². The molecule has 0 aromatic heterocycles. The predicted octanol–water partition coefficient (Wildman–Crippen LogP) is 0.856. The first-order valence-corrected chi connectivity index (χ1v) is 7.84. The van der Waals surface area contributed by atoms with Crippen LogP contribution in [0.15, 0.2) is 17.0 Å². The van der Waals surface area contributed by atoms with Crippen molar-refractivity contribution in [1.82, 2.24) is 5.32 Å². The van der Waals surface area contributed by atoms with Crippen molar-refractivity contribution in [1.29, 1.82) is 0 Å². The monoisotopic (exact) mass is 300 g/mol. The first kappa shape index (κ1) is 16.5. The highest BCUT2D eigenvalue weighted by Gasteiger charge is 2.15. The van der Waals surface area contributed by atoms with Crippen LogP contribution in [0.3, 0.4) is 0 Å². The second-order valence-corrected chi connectivity index (χ2v) is 5.94. The van der Waals surface area contributed by atoms with E-state index in [4.69, 9.17) is 9.88 Å². The van der Waals surface area contributed by atoms with Crippen LogP contribution < -0.4 is 15.2 Å². The van der Waals surface area contributed by atoms with Crippen molar-refractivity contribution in [2.45, 2.75) is 32.1 Å². The van der Waals surface area contributed by atoms with Gasteiger partial charge in [0.05, 0.1) is 17.9 Å². The number of rotatable bonds is 6. The van der Waals surface area contributed by atoms with Crippen LogP contribution in [0.1, 0.15) is 24.5 Å². The maximum atomic E-state index is 11.4. The van der Waals surface area contributed by atoms with Crippen molar-refractivity contribution in [2.75, 3.05) is 13.2 Å². The number of carbonyl (C=O) groups excluding carboxylic acids is 1. The summed E-state index contributed by atoms with van der Waals surface area (Å²) in [7, 11) is -3.73. The quantitative estimate of drug-likeness (QED) is 0.814. The number of primary sulfonamides is 1. The van der Waals surface area contributed by atoms with Crippen LogP contribution in [0.5, 0.6) is 5.75 Å². The minimum absolute atomic E-state index is 0.0805. The second kappa shape index (κ2) is 6.71. The smallest absolute Gasteiger partial charge is 0.238 e. The molecule has 1 amide bonds. The minimum Gasteiger partial charge on any atom is -0.493 e. The Morgan fingerprint density at radius 2 is 1.95 bits per heavy atom. The van der Waals surface area contributed by atoms with Crippen LogP contribution in [-0.4, -0.2) is 27.5 Å². The predicted molar refractivity (Wildman–Crippen MR) is 76.1 cm³/mol. The van der Waals surface area contributed by atoms with Gasteiger partial charge in [-0.15, -0.1) is 0 Å². The lowest BCUT2D eigenvalue weighted by molar-refractivity contribution is -0.121. The van der Waals surface area contributed by atoms with Gasteiger partial charge in [0.25, 0.3) is 0 Å². The highest BCUT2D eigenvalue weighted by atomic mass is 32.2. The average Bonchev–Trinajstić information content (AvgIpc) is 2.33. The van der Waals surface area contributed by atoms with Gasteiger partial charge in [-0.25, -0.2) is 13.6 Å². The molecule has 0 aliphatic carbocycles. The van der Waals surface area contributed by atoms with Gasteiger partial charge >= 0.3 is 0 Å². The molecule has 3 N–H and O–H groups in total. The Morgan fingerprint density at radius 1 is 1.30 bits per heavy atom. The third-order valence-corrected chi connectivity index (χ3v) is 4.01. The molecule has 7 heteroatoms. The minimum atomic E-state index is -3.73. The molecule has 0 unspecified atom stereocenters. The molecule has 0 aliphatic rings. The Bertz CT molecular complexity index is 597. The van der Waals surface area contributed by atoms with Crippen molar-refractivity contribution >= 4 is 15.9 Å². The zero-order valence-electron chi connectivity index (χ0n) is 11.9. The van der Waals surface area contributed by atoms with Crippen molar-refractivity contribution < 1.29 is 17.9 Å². The van der Waals surface area contributed by atoms with Gasteiger partial charge in [0.2, 0.25) is 15.9 Å². The van der Waals surface area contributed by atoms with Gasteiger partial charge in [-0.3, -0.25) is 4.79 Å². The lowest BCUT2D eigenvalue weighted by Gasteiger charge is -2.13. The molecular weight excluding hydrogens is 280 g/mol. The number of hydrogen-bond donors (Lipinski definition) is 2. The van der Waals surface area contributed by atoms with E-state index in [1.165, 1.54) is 6.07 Å². The van der Waals surface area contributed by atoms with Crippen LogP contribution in [0.25, 0.3) is 0 Å². The summed E-state index contributed by atoms with van der Waals surface area (Å²) in [5.74, 6) is 0.474. The number of ether oxygens (including phenoxy) is 1. The number of hydrogen-bond acceptors (Lipinski definition) is 4. The molecular formula is C13H20N2O4S. The lowest BCUT2D eigenvalue weighted by Crippen LogP contribution is -2.24. The first-order chi connectivity index (χ1) is 9.27. The van der Waals surface area contributed by atoms with Crippen LogP contribution in [0.4, 0.5) is 0 Å². The Labute approximate surface area is 119 Å². The highest BCUT2D eigenvalue weighted by Crippen LogP contribution is 2.26. The highest BCUT2D eigenvalue weighted by molar-refractivity contribution is 7.89. The largest absolute Gasteiger partial charge is 0.493 e. The second-order valence-electron chi connectivity index (χ2n) is 4.41. The molecule has 0 heterocycles. The molecule has 20 heavy (non-hydrogen) atoms. The topological polar surface area (TPSA) is 98.5 Å². The molecule has 0 spiro atoms. The molecule has 0 bridgehead atoms. The molecule has 1 aromatic rings. The van der Waals surface area contributed by atoms with Crippen molar-refractivity contribution in [3.63, 3.8) is 0 Å². The van der Waals surface area contributed by atoms with E-state index in [2.05, 4.69) is 5.32 Å². The van der Waals surface area contributed by atoms with E-state index >= 15 is 0 Å². The van der Waals surface area contributed by atoms with E-state index in [0.717, 1.165) is 0 Å². The standard InChI is InChI=1S/C13H20N2O4S/c1-4-15-13(16)7-8-19-11-5-6-12(20(14,17)18)10(3)9(11)2/h5-6H,4,7-8H2,1-3H3,(H,15,16)(H2,14,17,18). The van der Waals surface area contributed by atoms with E-state index in [1.807, 2.05) is 6.92 Å². The fourth-order valence-electron chi connectivity index (χ4n) is 1.77. The maximum Gasteiger partial charge on any atom is 0.238 e. The summed E-state index contributed by atoms with van der Waals surface area (Å²) in [6.45, 7) is 6.09. The molecule has 0 atom stereocenters. The van der Waals surface area contributed by atoms with Crippen molar-refractivity contribution in [3.8, 4) is 5.75 Å². The van der Waals surface area contributed by atoms with Gasteiger partial charge in [0, 0.05) is 6.54 Å². The number of benzene rings is 1. The number of nitrogens with two attached hydrogens (primary N) is 1. The Balaban J connectivity index is 2.79.